The molecule has 0 saturated heterocycles. The third-order valence-electron chi connectivity index (χ3n) is 2.65. The molecule has 1 aromatic heterocycles. The Morgan fingerprint density at radius 1 is 1.35 bits per heavy atom. The Morgan fingerprint density at radius 2 is 2.06 bits per heavy atom. The van der Waals surface area contributed by atoms with Crippen LogP contribution in [0.3, 0.4) is 0 Å². The quantitative estimate of drug-likeness (QED) is 0.895. The van der Waals surface area contributed by atoms with Crippen LogP contribution in [0.25, 0.3) is 0 Å². The fourth-order valence-electron chi connectivity index (χ4n) is 1.67. The molecule has 4 nitrogen and oxygen atoms in total. The van der Waals surface area contributed by atoms with Crippen molar-refractivity contribution in [2.45, 2.75) is 13.8 Å². The molecule has 0 unspecified atom stereocenters. The highest BCUT2D eigenvalue weighted by Crippen LogP contribution is 2.30. The number of nitrogens with zero attached hydrogens (tertiary/aromatic N) is 2. The van der Waals surface area contributed by atoms with Crippen LogP contribution in [-0.4, -0.2) is 9.78 Å². The Labute approximate surface area is 109 Å². The van der Waals surface area contributed by atoms with Crippen molar-refractivity contribution in [3.05, 3.63) is 33.9 Å². The summed E-state index contributed by atoms with van der Waals surface area (Å²) in [7, 11) is 1.87. The van der Waals surface area contributed by atoms with Crippen molar-refractivity contribution in [1.29, 1.82) is 0 Å². The number of nitrogens with two attached hydrogens (primary N) is 1. The van der Waals surface area contributed by atoms with E-state index in [1.807, 2.05) is 26.1 Å². The van der Waals surface area contributed by atoms with Gasteiger partial charge in [-0.3, -0.25) is 4.68 Å². The maximum absolute atomic E-state index is 5.97. The zero-order valence-electron chi connectivity index (χ0n) is 10.1. The van der Waals surface area contributed by atoms with E-state index in [4.69, 9.17) is 5.73 Å². The van der Waals surface area contributed by atoms with Crippen LogP contribution in [0.1, 0.15) is 11.3 Å². The fraction of sp³-hybridized carbons (Fsp3) is 0.250. The van der Waals surface area contributed by atoms with Gasteiger partial charge in [-0.05, 0) is 47.5 Å². The third-order valence-corrected chi connectivity index (χ3v) is 3.30. The van der Waals surface area contributed by atoms with E-state index in [2.05, 4.69) is 39.3 Å². The molecule has 0 amide bonds. The standard InChI is InChI=1S/C12H15BrN4/c1-7-4-5-10(9(13)6-7)15-12-11(14)8(2)16-17(12)3/h4-6,15H,14H2,1-3H3. The Morgan fingerprint density at radius 3 is 2.59 bits per heavy atom. The molecule has 3 N–H and O–H groups in total. The van der Waals surface area contributed by atoms with Crippen molar-refractivity contribution in [3.8, 4) is 0 Å². The average molecular weight is 295 g/mol. The van der Waals surface area contributed by atoms with Gasteiger partial charge in [-0.25, -0.2) is 0 Å². The van der Waals surface area contributed by atoms with Gasteiger partial charge in [-0.2, -0.15) is 5.10 Å². The van der Waals surface area contributed by atoms with E-state index < -0.39 is 0 Å². The maximum atomic E-state index is 5.97. The Bertz CT molecular complexity index is 560. The molecule has 0 bridgehead atoms. The normalized spacial score (nSPS) is 10.6. The van der Waals surface area contributed by atoms with E-state index in [0.717, 1.165) is 21.7 Å². The van der Waals surface area contributed by atoms with Crippen LogP contribution < -0.4 is 11.1 Å². The predicted octanol–water partition coefficient (Wildman–Crippen LogP) is 3.13. The molecule has 0 saturated carbocycles. The van der Waals surface area contributed by atoms with Crippen molar-refractivity contribution in [3.63, 3.8) is 0 Å². The number of aryl methyl sites for hydroxylation is 3. The first-order valence-corrected chi connectivity index (χ1v) is 6.10. The zero-order valence-corrected chi connectivity index (χ0v) is 11.7. The van der Waals surface area contributed by atoms with Gasteiger partial charge < -0.3 is 11.1 Å². The van der Waals surface area contributed by atoms with Gasteiger partial charge in [0.15, 0.2) is 5.82 Å². The molecule has 5 heteroatoms. The minimum absolute atomic E-state index is 0.681. The lowest BCUT2D eigenvalue weighted by Crippen LogP contribution is -2.01. The first-order valence-electron chi connectivity index (χ1n) is 5.31. The monoisotopic (exact) mass is 294 g/mol. The van der Waals surface area contributed by atoms with E-state index in [1.54, 1.807) is 4.68 Å². The highest BCUT2D eigenvalue weighted by Gasteiger charge is 2.11. The summed E-state index contributed by atoms with van der Waals surface area (Å²) in [5, 5.41) is 7.55. The van der Waals surface area contributed by atoms with Crippen molar-refractivity contribution >= 4 is 33.1 Å². The average Bonchev–Trinajstić information content (AvgIpc) is 2.48. The molecule has 2 aromatic rings. The lowest BCUT2D eigenvalue weighted by molar-refractivity contribution is 0.765. The summed E-state index contributed by atoms with van der Waals surface area (Å²) >= 11 is 3.53. The topological polar surface area (TPSA) is 55.9 Å². The molecule has 0 aliphatic rings. The summed E-state index contributed by atoms with van der Waals surface area (Å²) in [6.45, 7) is 3.95. The molecule has 90 valence electrons. The summed E-state index contributed by atoms with van der Waals surface area (Å²) in [4.78, 5) is 0. The van der Waals surface area contributed by atoms with Crippen LogP contribution in [0.2, 0.25) is 0 Å². The van der Waals surface area contributed by atoms with Gasteiger partial charge in [0.25, 0.3) is 0 Å². The van der Waals surface area contributed by atoms with E-state index >= 15 is 0 Å². The molecule has 0 aliphatic carbocycles. The molecule has 1 aromatic carbocycles. The largest absolute Gasteiger partial charge is 0.394 e. The van der Waals surface area contributed by atoms with Gasteiger partial charge >= 0.3 is 0 Å². The van der Waals surface area contributed by atoms with Crippen LogP contribution in [0.5, 0.6) is 0 Å². The highest BCUT2D eigenvalue weighted by molar-refractivity contribution is 9.10. The molecular weight excluding hydrogens is 280 g/mol. The summed E-state index contributed by atoms with van der Waals surface area (Å²) in [6.07, 6.45) is 0. The van der Waals surface area contributed by atoms with Crippen molar-refractivity contribution < 1.29 is 0 Å². The molecule has 1 heterocycles. The van der Waals surface area contributed by atoms with Gasteiger partial charge in [0.1, 0.15) is 0 Å². The van der Waals surface area contributed by atoms with Gasteiger partial charge in [-0.15, -0.1) is 0 Å². The molecule has 0 fully saturated rings. The van der Waals surface area contributed by atoms with Gasteiger partial charge in [0.05, 0.1) is 17.1 Å². The van der Waals surface area contributed by atoms with E-state index in [1.165, 1.54) is 5.56 Å². The summed E-state index contributed by atoms with van der Waals surface area (Å²) < 4.78 is 2.76. The van der Waals surface area contributed by atoms with Crippen molar-refractivity contribution in [2.75, 3.05) is 11.1 Å². The fourth-order valence-corrected chi connectivity index (χ4v) is 2.26. The number of benzene rings is 1. The maximum Gasteiger partial charge on any atom is 0.152 e. The Kier molecular flexibility index (Phi) is 3.11. The lowest BCUT2D eigenvalue weighted by Gasteiger charge is -2.10. The van der Waals surface area contributed by atoms with E-state index in [-0.39, 0.29) is 0 Å². The second-order valence-corrected chi connectivity index (χ2v) is 4.93. The number of hydrogen-bond donors (Lipinski definition) is 2. The molecule has 0 aliphatic heterocycles. The Balaban J connectivity index is 2.38. The number of halogens is 1. The molecule has 0 spiro atoms. The number of anilines is 3. The molecule has 0 atom stereocenters. The molecular formula is C12H15BrN4. The second kappa shape index (κ2) is 4.41. The van der Waals surface area contributed by atoms with Gasteiger partial charge in [0.2, 0.25) is 0 Å². The number of nitrogen functional groups attached to an aromatic ring is 1. The number of hydrogen-bond acceptors (Lipinski definition) is 3. The highest BCUT2D eigenvalue weighted by atomic mass is 79.9. The second-order valence-electron chi connectivity index (χ2n) is 4.08. The number of rotatable bonds is 2. The van der Waals surface area contributed by atoms with Gasteiger partial charge in [-0.1, -0.05) is 6.07 Å². The molecule has 0 radical (unpaired) electrons. The van der Waals surface area contributed by atoms with Crippen molar-refractivity contribution in [1.82, 2.24) is 9.78 Å². The minimum Gasteiger partial charge on any atom is -0.394 e. The zero-order chi connectivity index (χ0) is 12.6. The molecule has 17 heavy (non-hydrogen) atoms. The lowest BCUT2D eigenvalue weighted by atomic mass is 10.2. The van der Waals surface area contributed by atoms with Crippen LogP contribution in [0.15, 0.2) is 22.7 Å². The van der Waals surface area contributed by atoms with Crippen LogP contribution >= 0.6 is 15.9 Å². The summed E-state index contributed by atoms with van der Waals surface area (Å²) in [6, 6.07) is 6.12. The van der Waals surface area contributed by atoms with Gasteiger partial charge in [0, 0.05) is 11.5 Å². The smallest absolute Gasteiger partial charge is 0.152 e. The Hall–Kier alpha value is -1.49. The summed E-state index contributed by atoms with van der Waals surface area (Å²) in [5.74, 6) is 0.812. The van der Waals surface area contributed by atoms with Crippen molar-refractivity contribution in [2.24, 2.45) is 7.05 Å². The minimum atomic E-state index is 0.681. The first kappa shape index (κ1) is 12.0. The molecule has 2 rings (SSSR count). The predicted molar refractivity (Wildman–Crippen MR) is 74.5 cm³/mol. The SMILES string of the molecule is Cc1ccc(Nc2c(N)c(C)nn2C)c(Br)c1. The first-order chi connectivity index (χ1) is 7.99. The van der Waals surface area contributed by atoms with Crippen LogP contribution in [0, 0.1) is 13.8 Å². The van der Waals surface area contributed by atoms with Crippen LogP contribution in [-0.2, 0) is 7.05 Å². The number of nitrogens with one attached hydrogen (secondary N) is 1. The number of aromatic nitrogens is 2. The van der Waals surface area contributed by atoms with E-state index in [9.17, 15) is 0 Å². The van der Waals surface area contributed by atoms with E-state index in [0.29, 0.717) is 5.69 Å². The third kappa shape index (κ3) is 2.29. The van der Waals surface area contributed by atoms with Crippen LogP contribution in [0.4, 0.5) is 17.2 Å². The summed E-state index contributed by atoms with van der Waals surface area (Å²) in [5.41, 5.74) is 9.66.